The third kappa shape index (κ3) is 4.21. The highest BCUT2D eigenvalue weighted by molar-refractivity contribution is 5.92. The summed E-state index contributed by atoms with van der Waals surface area (Å²) < 4.78 is 10.2. The molecule has 1 amide bonds. The molecule has 1 saturated carbocycles. The zero-order chi connectivity index (χ0) is 15.2. The van der Waals surface area contributed by atoms with Gasteiger partial charge >= 0.3 is 5.97 Å². The van der Waals surface area contributed by atoms with Crippen molar-refractivity contribution in [2.45, 2.75) is 44.8 Å². The van der Waals surface area contributed by atoms with Gasteiger partial charge in [0.05, 0.1) is 12.7 Å². The molecule has 0 bridgehead atoms. The number of ether oxygens (including phenoxy) is 2. The second-order valence-electron chi connectivity index (χ2n) is 5.27. The molecule has 0 saturated heterocycles. The van der Waals surface area contributed by atoms with E-state index in [4.69, 9.17) is 9.47 Å². The molecule has 1 aliphatic carbocycles. The van der Waals surface area contributed by atoms with Crippen LogP contribution in [0.4, 0.5) is 0 Å². The van der Waals surface area contributed by atoms with Crippen LogP contribution in [-0.2, 0) is 9.53 Å². The Morgan fingerprint density at radius 1 is 1.19 bits per heavy atom. The fraction of sp³-hybridized carbons (Fsp3) is 0.500. The summed E-state index contributed by atoms with van der Waals surface area (Å²) in [6.07, 6.45) is 3.51. The maximum atomic E-state index is 12.0. The third-order valence-electron chi connectivity index (χ3n) is 3.68. The molecule has 0 radical (unpaired) electrons. The molecule has 21 heavy (non-hydrogen) atoms. The Labute approximate surface area is 124 Å². The summed E-state index contributed by atoms with van der Waals surface area (Å²) in [6.45, 7) is 1.59. The lowest BCUT2D eigenvalue weighted by atomic mass is 10.2. The summed E-state index contributed by atoms with van der Waals surface area (Å²) in [5, 5.41) is 2.92. The largest absolute Gasteiger partial charge is 0.497 e. The molecule has 0 heterocycles. The summed E-state index contributed by atoms with van der Waals surface area (Å²) in [5.41, 5.74) is 0.399. The van der Waals surface area contributed by atoms with Crippen LogP contribution in [0.5, 0.6) is 5.75 Å². The minimum atomic E-state index is -0.791. The van der Waals surface area contributed by atoms with Crippen LogP contribution >= 0.6 is 0 Å². The number of hydrogen-bond acceptors (Lipinski definition) is 4. The van der Waals surface area contributed by atoms with Crippen molar-refractivity contribution < 1.29 is 19.1 Å². The average molecular weight is 291 g/mol. The minimum Gasteiger partial charge on any atom is -0.497 e. The standard InChI is InChI=1S/C16H21NO4/c1-11(15(18)17-13-5-3-4-6-13)21-16(19)12-7-9-14(20-2)10-8-12/h7-11,13H,3-6H2,1-2H3,(H,17,18)/t11-/m1/s1. The lowest BCUT2D eigenvalue weighted by molar-refractivity contribution is -0.129. The molecule has 0 spiro atoms. The quantitative estimate of drug-likeness (QED) is 0.845. The van der Waals surface area contributed by atoms with Gasteiger partial charge in [-0.1, -0.05) is 12.8 Å². The lowest BCUT2D eigenvalue weighted by Gasteiger charge is -2.17. The van der Waals surface area contributed by atoms with Gasteiger partial charge in [-0.25, -0.2) is 4.79 Å². The van der Waals surface area contributed by atoms with Crippen LogP contribution < -0.4 is 10.1 Å². The number of rotatable bonds is 5. The van der Waals surface area contributed by atoms with Crippen molar-refractivity contribution in [1.82, 2.24) is 5.32 Å². The highest BCUT2D eigenvalue weighted by Crippen LogP contribution is 2.18. The maximum absolute atomic E-state index is 12.0. The van der Waals surface area contributed by atoms with E-state index in [9.17, 15) is 9.59 Å². The molecule has 1 aromatic rings. The van der Waals surface area contributed by atoms with Gasteiger partial charge in [0.1, 0.15) is 5.75 Å². The monoisotopic (exact) mass is 291 g/mol. The van der Waals surface area contributed by atoms with Crippen molar-refractivity contribution in [2.75, 3.05) is 7.11 Å². The third-order valence-corrected chi connectivity index (χ3v) is 3.68. The number of carbonyl (C=O) groups is 2. The van der Waals surface area contributed by atoms with Crippen LogP contribution in [0.1, 0.15) is 43.0 Å². The SMILES string of the molecule is COc1ccc(C(=O)O[C@H](C)C(=O)NC2CCCC2)cc1. The minimum absolute atomic E-state index is 0.222. The second-order valence-corrected chi connectivity index (χ2v) is 5.27. The normalized spacial score (nSPS) is 16.3. The fourth-order valence-corrected chi connectivity index (χ4v) is 2.40. The second kappa shape index (κ2) is 7.11. The number of amides is 1. The first kappa shape index (κ1) is 15.4. The van der Waals surface area contributed by atoms with Crippen LogP contribution in [0.3, 0.4) is 0 Å². The van der Waals surface area contributed by atoms with E-state index < -0.39 is 12.1 Å². The van der Waals surface area contributed by atoms with Gasteiger partial charge in [-0.15, -0.1) is 0 Å². The Balaban J connectivity index is 1.86. The van der Waals surface area contributed by atoms with Crippen molar-refractivity contribution >= 4 is 11.9 Å². The highest BCUT2D eigenvalue weighted by Gasteiger charge is 2.23. The van der Waals surface area contributed by atoms with Crippen LogP contribution in [0.25, 0.3) is 0 Å². The molecule has 1 aromatic carbocycles. The van der Waals surface area contributed by atoms with Crippen LogP contribution in [-0.4, -0.2) is 31.1 Å². The Bertz CT molecular complexity index is 492. The summed E-state index contributed by atoms with van der Waals surface area (Å²) in [7, 11) is 1.56. The van der Waals surface area contributed by atoms with E-state index in [1.54, 1.807) is 38.3 Å². The van der Waals surface area contributed by atoms with E-state index in [0.717, 1.165) is 25.7 Å². The number of nitrogens with one attached hydrogen (secondary N) is 1. The Morgan fingerprint density at radius 3 is 2.38 bits per heavy atom. The Kier molecular flexibility index (Phi) is 5.20. The molecular weight excluding hydrogens is 270 g/mol. The van der Waals surface area contributed by atoms with Crippen LogP contribution in [0.2, 0.25) is 0 Å². The predicted molar refractivity (Wildman–Crippen MR) is 78.3 cm³/mol. The Morgan fingerprint density at radius 2 is 1.81 bits per heavy atom. The number of benzene rings is 1. The van der Waals surface area contributed by atoms with Gasteiger partial charge in [0.15, 0.2) is 6.10 Å². The fourth-order valence-electron chi connectivity index (χ4n) is 2.40. The molecule has 5 nitrogen and oxygen atoms in total. The van der Waals surface area contributed by atoms with E-state index in [1.807, 2.05) is 0 Å². The highest BCUT2D eigenvalue weighted by atomic mass is 16.5. The number of carbonyl (C=O) groups excluding carboxylic acids is 2. The van der Waals surface area contributed by atoms with E-state index in [1.165, 1.54) is 0 Å². The summed E-state index contributed by atoms with van der Waals surface area (Å²) in [5.74, 6) is -0.0749. The molecule has 1 atom stereocenters. The van der Waals surface area contributed by atoms with Gasteiger partial charge in [0.25, 0.3) is 5.91 Å². The smallest absolute Gasteiger partial charge is 0.338 e. The summed E-state index contributed by atoms with van der Waals surface area (Å²) >= 11 is 0. The maximum Gasteiger partial charge on any atom is 0.338 e. The van der Waals surface area contributed by atoms with Crippen molar-refractivity contribution in [3.8, 4) is 5.75 Å². The van der Waals surface area contributed by atoms with E-state index in [2.05, 4.69) is 5.32 Å². The van der Waals surface area contributed by atoms with E-state index in [0.29, 0.717) is 11.3 Å². The first-order valence-electron chi connectivity index (χ1n) is 7.25. The van der Waals surface area contributed by atoms with Gasteiger partial charge in [0.2, 0.25) is 0 Å². The van der Waals surface area contributed by atoms with Gasteiger partial charge in [0, 0.05) is 6.04 Å². The molecule has 114 valence electrons. The Hall–Kier alpha value is -2.04. The van der Waals surface area contributed by atoms with Gasteiger partial charge < -0.3 is 14.8 Å². The van der Waals surface area contributed by atoms with Crippen molar-refractivity contribution in [2.24, 2.45) is 0 Å². The lowest BCUT2D eigenvalue weighted by Crippen LogP contribution is -2.40. The predicted octanol–water partition coefficient (Wildman–Crippen LogP) is 2.30. The number of esters is 1. The molecule has 0 aliphatic heterocycles. The molecule has 1 fully saturated rings. The van der Waals surface area contributed by atoms with Gasteiger partial charge in [-0.3, -0.25) is 4.79 Å². The van der Waals surface area contributed by atoms with E-state index in [-0.39, 0.29) is 11.9 Å². The molecule has 2 rings (SSSR count). The average Bonchev–Trinajstić information content (AvgIpc) is 3.00. The summed E-state index contributed by atoms with van der Waals surface area (Å²) in [4.78, 5) is 23.9. The van der Waals surface area contributed by atoms with Crippen molar-refractivity contribution in [3.63, 3.8) is 0 Å². The first-order chi connectivity index (χ1) is 10.1. The molecular formula is C16H21NO4. The molecule has 0 aromatic heterocycles. The molecule has 0 unspecified atom stereocenters. The van der Waals surface area contributed by atoms with Gasteiger partial charge in [-0.05, 0) is 44.0 Å². The molecule has 5 heteroatoms. The first-order valence-corrected chi connectivity index (χ1v) is 7.25. The van der Waals surface area contributed by atoms with Crippen LogP contribution in [0, 0.1) is 0 Å². The topological polar surface area (TPSA) is 64.6 Å². The number of methoxy groups -OCH3 is 1. The zero-order valence-corrected chi connectivity index (χ0v) is 12.4. The summed E-state index contributed by atoms with van der Waals surface area (Å²) in [6, 6.07) is 6.81. The van der Waals surface area contributed by atoms with E-state index >= 15 is 0 Å². The van der Waals surface area contributed by atoms with Crippen molar-refractivity contribution in [1.29, 1.82) is 0 Å². The number of hydrogen-bond donors (Lipinski definition) is 1. The van der Waals surface area contributed by atoms with Crippen LogP contribution in [0.15, 0.2) is 24.3 Å². The van der Waals surface area contributed by atoms with Gasteiger partial charge in [-0.2, -0.15) is 0 Å². The zero-order valence-electron chi connectivity index (χ0n) is 12.4. The molecule has 1 N–H and O–H groups in total. The molecule has 1 aliphatic rings. The van der Waals surface area contributed by atoms with Crippen molar-refractivity contribution in [3.05, 3.63) is 29.8 Å².